The third-order valence-corrected chi connectivity index (χ3v) is 10.1. The molecule has 0 radical (unpaired) electrons. The van der Waals surface area contributed by atoms with Crippen molar-refractivity contribution in [1.82, 2.24) is 14.5 Å². The van der Waals surface area contributed by atoms with Crippen molar-refractivity contribution in [1.29, 1.82) is 5.26 Å². The Kier molecular flexibility index (Phi) is 11.3. The Morgan fingerprint density at radius 1 is 1.19 bits per heavy atom. The summed E-state index contributed by atoms with van der Waals surface area (Å²) < 4.78 is 7.56. The van der Waals surface area contributed by atoms with Crippen LogP contribution in [-0.2, 0) is 22.7 Å². The normalized spacial score (nSPS) is 16.3. The third kappa shape index (κ3) is 8.73. The first-order valence-corrected chi connectivity index (χ1v) is 19.2. The van der Waals surface area contributed by atoms with E-state index in [9.17, 15) is 14.9 Å². The van der Waals surface area contributed by atoms with Gasteiger partial charge in [0.05, 0.1) is 0 Å². The highest BCUT2D eigenvalue weighted by molar-refractivity contribution is 6.76. The molecule has 9 heteroatoms. The molecule has 1 fully saturated rings. The van der Waals surface area contributed by atoms with Crippen LogP contribution in [0.5, 0.6) is 0 Å². The first-order chi connectivity index (χ1) is 20.2. The number of benzene rings is 1. The second-order valence-corrected chi connectivity index (χ2v) is 18.5. The number of hydrogen-bond donors (Lipinski definition) is 1. The molecular formula is C33H46N4O4Si. The number of ether oxygens (including phenoxy) is 1. The molecule has 226 valence electrons. The lowest BCUT2D eigenvalue weighted by molar-refractivity contribution is -0.132. The monoisotopic (exact) mass is 590 g/mol. The molecule has 1 aromatic carbocycles. The van der Waals surface area contributed by atoms with Crippen LogP contribution in [-0.4, -0.2) is 65.6 Å². The first-order valence-electron chi connectivity index (χ1n) is 15.5. The first kappa shape index (κ1) is 31.9. The number of aromatic nitrogens is 2. The zero-order valence-electron chi connectivity index (χ0n) is 25.5. The van der Waals surface area contributed by atoms with Gasteiger partial charge >= 0.3 is 0 Å². The number of aliphatic hydroxyl groups excluding tert-OH is 1. The maximum absolute atomic E-state index is 13.6. The Morgan fingerprint density at radius 3 is 2.64 bits per heavy atom. The van der Waals surface area contributed by atoms with Crippen molar-refractivity contribution in [2.45, 2.75) is 96.1 Å². The topological polar surface area (TPSA) is 108 Å². The van der Waals surface area contributed by atoms with Crippen LogP contribution in [0.2, 0.25) is 25.7 Å². The molecule has 42 heavy (non-hydrogen) atoms. The van der Waals surface area contributed by atoms with Crippen LogP contribution in [0.3, 0.4) is 0 Å². The van der Waals surface area contributed by atoms with Crippen LogP contribution in [0.1, 0.15) is 90.3 Å². The summed E-state index contributed by atoms with van der Waals surface area (Å²) in [6, 6.07) is 9.62. The van der Waals surface area contributed by atoms with Crippen LogP contribution in [0, 0.1) is 11.3 Å². The number of imidazole rings is 1. The van der Waals surface area contributed by atoms with E-state index in [0.29, 0.717) is 25.4 Å². The van der Waals surface area contributed by atoms with Gasteiger partial charge in [-0.05, 0) is 79.2 Å². The number of nitrogens with zero attached hydrogens (tertiary/aromatic N) is 4. The van der Waals surface area contributed by atoms with Crippen LogP contribution in [0.15, 0.2) is 30.5 Å². The number of carbonyl (C=O) groups excluding carboxylic acids is 2. The maximum Gasteiger partial charge on any atom is 0.222 e. The molecule has 1 amide bonds. The molecule has 8 nitrogen and oxygen atoms in total. The van der Waals surface area contributed by atoms with E-state index >= 15 is 0 Å². The van der Waals surface area contributed by atoms with Gasteiger partial charge in [-0.1, -0.05) is 43.9 Å². The van der Waals surface area contributed by atoms with Crippen molar-refractivity contribution in [3.63, 3.8) is 0 Å². The minimum absolute atomic E-state index is 0.0452. The Bertz CT molecular complexity index is 1310. The van der Waals surface area contributed by atoms with Crippen molar-refractivity contribution in [2.24, 2.45) is 0 Å². The van der Waals surface area contributed by atoms with Crippen LogP contribution >= 0.6 is 0 Å². The highest BCUT2D eigenvalue weighted by Crippen LogP contribution is 2.35. The van der Waals surface area contributed by atoms with Crippen molar-refractivity contribution < 1.29 is 19.4 Å². The lowest BCUT2D eigenvalue weighted by Crippen LogP contribution is -2.37. The van der Waals surface area contributed by atoms with Crippen molar-refractivity contribution in [2.75, 3.05) is 26.3 Å². The molecule has 1 saturated heterocycles. The summed E-state index contributed by atoms with van der Waals surface area (Å²) in [4.78, 5) is 32.3. The van der Waals surface area contributed by atoms with Gasteiger partial charge in [-0.2, -0.15) is 5.26 Å². The highest BCUT2D eigenvalue weighted by atomic mass is 28.3. The number of likely N-dealkylation sites (tertiary alicyclic amines) is 1. The van der Waals surface area contributed by atoms with Crippen molar-refractivity contribution >= 4 is 25.3 Å². The number of piperidine rings is 1. The second-order valence-electron chi connectivity index (χ2n) is 12.9. The van der Waals surface area contributed by atoms with E-state index in [1.54, 1.807) is 10.8 Å². The molecule has 0 spiro atoms. The van der Waals surface area contributed by atoms with Gasteiger partial charge in [-0.25, -0.2) is 4.98 Å². The fourth-order valence-corrected chi connectivity index (χ4v) is 6.58. The number of aliphatic hydroxyl groups is 1. The van der Waals surface area contributed by atoms with E-state index in [2.05, 4.69) is 55.0 Å². The average Bonchev–Trinajstić information content (AvgIpc) is 3.42. The van der Waals surface area contributed by atoms with Gasteiger partial charge in [0.1, 0.15) is 12.8 Å². The summed E-state index contributed by atoms with van der Waals surface area (Å²) in [7, 11) is -1.24. The minimum Gasteiger partial charge on any atom is -0.396 e. The molecule has 2 heterocycles. The summed E-state index contributed by atoms with van der Waals surface area (Å²) in [5, 5.41) is 18.5. The molecule has 4 rings (SSSR count). The van der Waals surface area contributed by atoms with E-state index in [1.807, 2.05) is 4.90 Å². The quantitative estimate of drug-likeness (QED) is 0.176. The number of allylic oxidation sites excluding steroid dienone is 2. The van der Waals surface area contributed by atoms with Gasteiger partial charge in [0.25, 0.3) is 0 Å². The number of carbonyl (C=O) groups is 2. The van der Waals surface area contributed by atoms with Crippen LogP contribution < -0.4 is 0 Å². The largest absolute Gasteiger partial charge is 0.396 e. The number of rotatable bonds is 13. The summed E-state index contributed by atoms with van der Waals surface area (Å²) >= 11 is 0. The molecule has 1 N–H and O–H groups in total. The molecule has 2 aromatic rings. The summed E-state index contributed by atoms with van der Waals surface area (Å²) in [5.41, 5.74) is 4.92. The van der Waals surface area contributed by atoms with Crippen molar-refractivity contribution in [3.8, 4) is 6.07 Å². The van der Waals surface area contributed by atoms with E-state index in [4.69, 9.17) is 9.84 Å². The maximum atomic E-state index is 13.6. The Hall–Kier alpha value is -3.06. The molecular weight excluding hydrogens is 544 g/mol. The number of Topliss-reactive ketones (excluding diaryl/α,β-unsaturated/α-hetero) is 1. The molecule has 1 aromatic heterocycles. The Labute approximate surface area is 251 Å². The van der Waals surface area contributed by atoms with E-state index in [1.165, 1.54) is 17.6 Å². The number of nitriles is 1. The number of ketones is 1. The summed E-state index contributed by atoms with van der Waals surface area (Å²) in [6.07, 6.45) is 11.3. The Balaban J connectivity index is 1.51. The predicted octanol–water partition coefficient (Wildman–Crippen LogP) is 5.93. The standard InChI is InChI=1S/C33H46N4O4Si/c1-42(2,3)19-18-41-24-37-23-29(22-34)35-33(37)31(39)21-28-12-11-27(20-30(28)26-8-5-4-6-9-26)25-13-15-36(16-14-25)32(40)10-7-17-38/h8,11-12,20,23,25,38H,4-7,9-10,13-19,21,24H2,1-3H3. The number of amides is 1. The fraction of sp³-hybridized carbons (Fsp3) is 0.576. The van der Waals surface area contributed by atoms with Gasteiger partial charge in [-0.15, -0.1) is 0 Å². The molecule has 1 aliphatic carbocycles. The molecule has 0 unspecified atom stereocenters. The Morgan fingerprint density at radius 2 is 1.98 bits per heavy atom. The van der Waals surface area contributed by atoms with Gasteiger partial charge in [0, 0.05) is 53.4 Å². The lowest BCUT2D eigenvalue weighted by Gasteiger charge is -2.33. The fourth-order valence-electron chi connectivity index (χ4n) is 5.82. The molecule has 2 aliphatic rings. The van der Waals surface area contributed by atoms with Crippen LogP contribution in [0.4, 0.5) is 0 Å². The summed E-state index contributed by atoms with van der Waals surface area (Å²) in [6.45, 7) is 9.23. The summed E-state index contributed by atoms with van der Waals surface area (Å²) in [5.74, 6) is 0.643. The van der Waals surface area contributed by atoms with Gasteiger partial charge in [0.15, 0.2) is 11.5 Å². The zero-order valence-corrected chi connectivity index (χ0v) is 26.5. The van der Waals surface area contributed by atoms with E-state index in [0.717, 1.165) is 62.4 Å². The highest BCUT2D eigenvalue weighted by Gasteiger charge is 2.26. The predicted molar refractivity (Wildman–Crippen MR) is 167 cm³/mol. The van der Waals surface area contributed by atoms with E-state index in [-0.39, 0.29) is 43.0 Å². The van der Waals surface area contributed by atoms with Crippen molar-refractivity contribution in [3.05, 3.63) is 58.7 Å². The molecule has 0 atom stereocenters. The average molecular weight is 591 g/mol. The van der Waals surface area contributed by atoms with Gasteiger partial charge < -0.3 is 19.3 Å². The molecule has 0 saturated carbocycles. The van der Waals surface area contributed by atoms with Gasteiger partial charge in [0.2, 0.25) is 11.7 Å². The third-order valence-electron chi connectivity index (χ3n) is 8.36. The van der Waals surface area contributed by atoms with Gasteiger partial charge in [-0.3, -0.25) is 9.59 Å². The van der Waals surface area contributed by atoms with E-state index < -0.39 is 8.07 Å². The smallest absolute Gasteiger partial charge is 0.222 e. The second kappa shape index (κ2) is 14.9. The molecule has 1 aliphatic heterocycles. The SMILES string of the molecule is C[Si](C)(C)CCOCn1cc(C#N)nc1C(=O)Cc1ccc(C2CCN(C(=O)CCCO)CC2)cc1C1=CCCCC1. The lowest BCUT2D eigenvalue weighted by atomic mass is 9.83. The minimum atomic E-state index is -1.24. The zero-order chi connectivity index (χ0) is 30.1. The molecule has 0 bridgehead atoms. The number of hydrogen-bond acceptors (Lipinski definition) is 6. The van der Waals surface area contributed by atoms with Crippen LogP contribution in [0.25, 0.3) is 5.57 Å².